The average molecular weight is 343 g/mol. The summed E-state index contributed by atoms with van der Waals surface area (Å²) in [5.74, 6) is -1.78. The molecule has 2 aromatic carbocycles. The molecule has 0 aliphatic carbocycles. The maximum Gasteiger partial charge on any atom is 0.316 e. The van der Waals surface area contributed by atoms with Crippen molar-refractivity contribution >= 4 is 28.2 Å². The standard InChI is InChI=1S/C19H21NO5/c1-12(2)25-19(22)16(13(3)21)11-10-15-9-8-14-6-4-5-7-17(14)18(15)20(23)24/h4-9,12,16H,10-11H2,1-3H3. The second kappa shape index (κ2) is 7.88. The first-order chi connectivity index (χ1) is 11.8. The van der Waals surface area contributed by atoms with Gasteiger partial charge in [-0.25, -0.2) is 0 Å². The lowest BCUT2D eigenvalue weighted by molar-refractivity contribution is -0.383. The first-order valence-corrected chi connectivity index (χ1v) is 8.17. The molecule has 0 radical (unpaired) electrons. The fraction of sp³-hybridized carbons (Fsp3) is 0.368. The van der Waals surface area contributed by atoms with Gasteiger partial charge in [0.15, 0.2) is 0 Å². The zero-order valence-corrected chi connectivity index (χ0v) is 14.5. The van der Waals surface area contributed by atoms with Crippen LogP contribution in [-0.2, 0) is 20.7 Å². The summed E-state index contributed by atoms with van der Waals surface area (Å²) in [6, 6.07) is 10.6. The van der Waals surface area contributed by atoms with Gasteiger partial charge in [0.25, 0.3) is 5.69 Å². The van der Waals surface area contributed by atoms with E-state index in [0.29, 0.717) is 10.9 Å². The number of hydrogen-bond donors (Lipinski definition) is 0. The molecule has 132 valence electrons. The van der Waals surface area contributed by atoms with Gasteiger partial charge < -0.3 is 4.74 Å². The van der Waals surface area contributed by atoms with Crippen molar-refractivity contribution in [2.24, 2.45) is 5.92 Å². The molecule has 0 fully saturated rings. The summed E-state index contributed by atoms with van der Waals surface area (Å²) >= 11 is 0. The molecular formula is C19H21NO5. The van der Waals surface area contributed by atoms with Crippen molar-refractivity contribution in [2.75, 3.05) is 0 Å². The molecule has 6 nitrogen and oxygen atoms in total. The van der Waals surface area contributed by atoms with Gasteiger partial charge in [-0.05, 0) is 45.1 Å². The Balaban J connectivity index is 2.30. The number of nitrogens with zero attached hydrogens (tertiary/aromatic N) is 1. The Morgan fingerprint density at radius 2 is 1.84 bits per heavy atom. The Labute approximate surface area is 145 Å². The summed E-state index contributed by atoms with van der Waals surface area (Å²) in [6.07, 6.45) is 0.114. The summed E-state index contributed by atoms with van der Waals surface area (Å²) in [5.41, 5.74) is 0.532. The van der Waals surface area contributed by atoms with Crippen LogP contribution in [0.4, 0.5) is 5.69 Å². The van der Waals surface area contributed by atoms with E-state index in [-0.39, 0.29) is 30.4 Å². The van der Waals surface area contributed by atoms with E-state index in [0.717, 1.165) is 5.39 Å². The molecule has 25 heavy (non-hydrogen) atoms. The minimum Gasteiger partial charge on any atom is -0.462 e. The Kier molecular flexibility index (Phi) is 5.85. The van der Waals surface area contributed by atoms with E-state index in [4.69, 9.17) is 4.74 Å². The number of ether oxygens (including phenoxy) is 1. The summed E-state index contributed by atoms with van der Waals surface area (Å²) in [4.78, 5) is 35.0. The largest absolute Gasteiger partial charge is 0.462 e. The molecule has 0 saturated heterocycles. The lowest BCUT2D eigenvalue weighted by Gasteiger charge is -2.15. The van der Waals surface area contributed by atoms with Gasteiger partial charge in [0, 0.05) is 5.56 Å². The van der Waals surface area contributed by atoms with Gasteiger partial charge in [0.05, 0.1) is 16.4 Å². The summed E-state index contributed by atoms with van der Waals surface area (Å²) in [7, 11) is 0. The van der Waals surface area contributed by atoms with Gasteiger partial charge in [0.1, 0.15) is 11.7 Å². The predicted molar refractivity (Wildman–Crippen MR) is 94.3 cm³/mol. The van der Waals surface area contributed by atoms with Gasteiger partial charge >= 0.3 is 5.97 Å². The first-order valence-electron chi connectivity index (χ1n) is 8.17. The zero-order chi connectivity index (χ0) is 18.6. The smallest absolute Gasteiger partial charge is 0.316 e. The van der Waals surface area contributed by atoms with Crippen LogP contribution in [0, 0.1) is 16.0 Å². The van der Waals surface area contributed by atoms with Crippen molar-refractivity contribution in [1.29, 1.82) is 0 Å². The number of nitro groups is 1. The Morgan fingerprint density at radius 3 is 2.44 bits per heavy atom. The van der Waals surface area contributed by atoms with Crippen molar-refractivity contribution in [3.63, 3.8) is 0 Å². The number of Topliss-reactive ketones (excluding diaryl/α,β-unsaturated/α-hetero) is 1. The van der Waals surface area contributed by atoms with Gasteiger partial charge in [-0.3, -0.25) is 19.7 Å². The number of fused-ring (bicyclic) bond motifs is 1. The minimum atomic E-state index is -0.909. The van der Waals surface area contributed by atoms with Crippen LogP contribution >= 0.6 is 0 Å². The third-order valence-corrected chi connectivity index (χ3v) is 4.00. The van der Waals surface area contributed by atoms with Crippen LogP contribution in [0.5, 0.6) is 0 Å². The normalized spacial score (nSPS) is 12.2. The molecule has 6 heteroatoms. The minimum absolute atomic E-state index is 0.0256. The molecule has 1 unspecified atom stereocenters. The molecule has 0 spiro atoms. The number of carbonyl (C=O) groups is 2. The Bertz CT molecular complexity index is 813. The van der Waals surface area contributed by atoms with Crippen molar-refractivity contribution < 1.29 is 19.2 Å². The highest BCUT2D eigenvalue weighted by Crippen LogP contribution is 2.31. The number of rotatable bonds is 7. The van der Waals surface area contributed by atoms with Crippen molar-refractivity contribution in [3.8, 4) is 0 Å². The second-order valence-electron chi connectivity index (χ2n) is 6.24. The SMILES string of the molecule is CC(=O)C(CCc1ccc2ccccc2c1[N+](=O)[O-])C(=O)OC(C)C. The van der Waals surface area contributed by atoms with Gasteiger partial charge in [-0.2, -0.15) is 0 Å². The number of carbonyl (C=O) groups excluding carboxylic acids is 2. The Morgan fingerprint density at radius 1 is 1.16 bits per heavy atom. The van der Waals surface area contributed by atoms with Crippen LogP contribution in [0.25, 0.3) is 10.8 Å². The van der Waals surface area contributed by atoms with Gasteiger partial charge in [0.2, 0.25) is 0 Å². The molecule has 1 atom stereocenters. The highest BCUT2D eigenvalue weighted by atomic mass is 16.6. The maximum atomic E-state index is 12.1. The first kappa shape index (κ1) is 18.6. The topological polar surface area (TPSA) is 86.5 Å². The van der Waals surface area contributed by atoms with E-state index in [1.54, 1.807) is 32.0 Å². The molecule has 0 saturated carbocycles. The second-order valence-corrected chi connectivity index (χ2v) is 6.24. The van der Waals surface area contributed by atoms with Crippen LogP contribution in [0.15, 0.2) is 36.4 Å². The molecule has 0 amide bonds. The molecule has 2 aromatic rings. The lowest BCUT2D eigenvalue weighted by atomic mass is 9.94. The Hall–Kier alpha value is -2.76. The van der Waals surface area contributed by atoms with Gasteiger partial charge in [-0.15, -0.1) is 0 Å². The van der Waals surface area contributed by atoms with E-state index in [9.17, 15) is 19.7 Å². The molecule has 0 aliphatic heterocycles. The fourth-order valence-corrected chi connectivity index (χ4v) is 2.82. The van der Waals surface area contributed by atoms with Crippen molar-refractivity contribution in [1.82, 2.24) is 0 Å². The molecule has 0 heterocycles. The highest BCUT2D eigenvalue weighted by molar-refractivity contribution is 5.98. The maximum absolute atomic E-state index is 12.1. The molecule has 2 rings (SSSR count). The number of ketones is 1. The van der Waals surface area contributed by atoms with Crippen LogP contribution in [-0.4, -0.2) is 22.8 Å². The van der Waals surface area contributed by atoms with E-state index in [1.807, 2.05) is 18.2 Å². The summed E-state index contributed by atoms with van der Waals surface area (Å²) in [6.45, 7) is 4.76. The molecule has 0 bridgehead atoms. The average Bonchev–Trinajstić information content (AvgIpc) is 2.53. The van der Waals surface area contributed by atoms with Crippen LogP contribution in [0.3, 0.4) is 0 Å². The lowest BCUT2D eigenvalue weighted by Crippen LogP contribution is -2.27. The van der Waals surface area contributed by atoms with E-state index in [1.165, 1.54) is 6.92 Å². The predicted octanol–water partition coefficient (Wildman–Crippen LogP) is 3.84. The third kappa shape index (κ3) is 4.41. The number of esters is 1. The van der Waals surface area contributed by atoms with E-state index >= 15 is 0 Å². The van der Waals surface area contributed by atoms with E-state index < -0.39 is 16.8 Å². The fourth-order valence-electron chi connectivity index (χ4n) is 2.82. The highest BCUT2D eigenvalue weighted by Gasteiger charge is 2.27. The number of aryl methyl sites for hydroxylation is 1. The third-order valence-electron chi connectivity index (χ3n) is 4.00. The summed E-state index contributed by atoms with van der Waals surface area (Å²) in [5, 5.41) is 12.9. The summed E-state index contributed by atoms with van der Waals surface area (Å²) < 4.78 is 5.12. The number of nitro benzene ring substituents is 1. The van der Waals surface area contributed by atoms with Crippen LogP contribution in [0.2, 0.25) is 0 Å². The molecule has 0 N–H and O–H groups in total. The number of hydrogen-bond acceptors (Lipinski definition) is 5. The monoisotopic (exact) mass is 343 g/mol. The zero-order valence-electron chi connectivity index (χ0n) is 14.5. The quantitative estimate of drug-likeness (QED) is 0.330. The number of benzene rings is 2. The molecular weight excluding hydrogens is 322 g/mol. The van der Waals surface area contributed by atoms with Crippen LogP contribution < -0.4 is 0 Å². The van der Waals surface area contributed by atoms with Crippen molar-refractivity contribution in [2.45, 2.75) is 39.7 Å². The van der Waals surface area contributed by atoms with Crippen molar-refractivity contribution in [3.05, 3.63) is 52.1 Å². The molecule has 0 aliphatic rings. The van der Waals surface area contributed by atoms with Crippen LogP contribution in [0.1, 0.15) is 32.8 Å². The van der Waals surface area contributed by atoms with Gasteiger partial charge in [-0.1, -0.05) is 30.3 Å². The molecule has 0 aromatic heterocycles. The van der Waals surface area contributed by atoms with E-state index in [2.05, 4.69) is 0 Å².